The van der Waals surface area contributed by atoms with E-state index in [1.54, 1.807) is 0 Å². The highest BCUT2D eigenvalue weighted by atomic mass is 16.1. The van der Waals surface area contributed by atoms with Crippen molar-refractivity contribution in [2.24, 2.45) is 0 Å². The summed E-state index contributed by atoms with van der Waals surface area (Å²) < 4.78 is 0. The molecule has 88 valence electrons. The minimum absolute atomic E-state index is 0.189. The second-order valence-electron chi connectivity index (χ2n) is 4.80. The number of nitrogens with one attached hydrogen (secondary N) is 1. The Morgan fingerprint density at radius 1 is 1.31 bits per heavy atom. The summed E-state index contributed by atoms with van der Waals surface area (Å²) in [6, 6.07) is 10.3. The van der Waals surface area contributed by atoms with E-state index in [1.165, 1.54) is 5.56 Å². The zero-order valence-electron chi connectivity index (χ0n) is 10.2. The van der Waals surface area contributed by atoms with Crippen molar-refractivity contribution in [2.45, 2.75) is 25.9 Å². The van der Waals surface area contributed by atoms with Crippen molar-refractivity contribution in [3.63, 3.8) is 0 Å². The predicted molar refractivity (Wildman–Crippen MR) is 66.1 cm³/mol. The van der Waals surface area contributed by atoms with Crippen LogP contribution in [-0.2, 0) is 11.3 Å². The van der Waals surface area contributed by atoms with Crippen molar-refractivity contribution in [1.29, 1.82) is 0 Å². The molecule has 0 heterocycles. The number of carbonyl (C=O) groups is 1. The van der Waals surface area contributed by atoms with E-state index < -0.39 is 0 Å². The summed E-state index contributed by atoms with van der Waals surface area (Å²) in [5, 5.41) is 2.82. The van der Waals surface area contributed by atoms with Gasteiger partial charge in [-0.3, -0.25) is 9.69 Å². The Balaban J connectivity index is 2.47. The molecule has 1 N–H and O–H groups in total. The van der Waals surface area contributed by atoms with Crippen LogP contribution in [0.5, 0.6) is 0 Å². The molecule has 0 saturated heterocycles. The average Bonchev–Trinajstić information content (AvgIpc) is 2.17. The van der Waals surface area contributed by atoms with E-state index in [4.69, 9.17) is 0 Å². The fourth-order valence-corrected chi connectivity index (χ4v) is 1.83. The van der Waals surface area contributed by atoms with Gasteiger partial charge in [0.2, 0.25) is 6.41 Å². The Kier molecular flexibility index (Phi) is 4.50. The van der Waals surface area contributed by atoms with Gasteiger partial charge in [0.25, 0.3) is 0 Å². The number of likely N-dealkylation sites (N-methyl/N-ethyl adjacent to an activating group) is 1. The number of nitrogens with zero attached hydrogens (tertiary/aromatic N) is 1. The first-order valence-electron chi connectivity index (χ1n) is 5.47. The molecule has 0 spiro atoms. The molecule has 1 rings (SSSR count). The van der Waals surface area contributed by atoms with Crippen LogP contribution in [0.4, 0.5) is 0 Å². The molecule has 1 aromatic carbocycles. The highest BCUT2D eigenvalue weighted by Gasteiger charge is 2.18. The first-order chi connectivity index (χ1) is 7.53. The lowest BCUT2D eigenvalue weighted by atomic mass is 10.1. The molecule has 16 heavy (non-hydrogen) atoms. The minimum atomic E-state index is -0.189. The van der Waals surface area contributed by atoms with Crippen LogP contribution in [0.25, 0.3) is 0 Å². The molecule has 0 bridgehead atoms. The van der Waals surface area contributed by atoms with Crippen molar-refractivity contribution in [3.05, 3.63) is 35.9 Å². The molecule has 0 atom stereocenters. The highest BCUT2D eigenvalue weighted by Crippen LogP contribution is 2.07. The maximum Gasteiger partial charge on any atom is 0.207 e. The van der Waals surface area contributed by atoms with E-state index in [1.807, 2.05) is 32.0 Å². The summed E-state index contributed by atoms with van der Waals surface area (Å²) in [6.07, 6.45) is 0.760. The summed E-state index contributed by atoms with van der Waals surface area (Å²) in [5.74, 6) is 0. The Bertz CT molecular complexity index is 322. The third kappa shape index (κ3) is 4.45. The molecular formula is C13H20N2O. The van der Waals surface area contributed by atoms with Crippen molar-refractivity contribution >= 4 is 6.41 Å². The van der Waals surface area contributed by atoms with E-state index >= 15 is 0 Å². The number of benzene rings is 1. The first-order valence-corrected chi connectivity index (χ1v) is 5.47. The van der Waals surface area contributed by atoms with Gasteiger partial charge >= 0.3 is 0 Å². The van der Waals surface area contributed by atoms with Crippen LogP contribution in [0.15, 0.2) is 30.3 Å². The lowest BCUT2D eigenvalue weighted by molar-refractivity contribution is -0.111. The smallest absolute Gasteiger partial charge is 0.207 e. The molecular weight excluding hydrogens is 200 g/mol. The lowest BCUT2D eigenvalue weighted by Crippen LogP contribution is -2.47. The van der Waals surface area contributed by atoms with E-state index in [9.17, 15) is 4.79 Å². The number of hydrogen-bond donors (Lipinski definition) is 1. The van der Waals surface area contributed by atoms with Crippen LogP contribution in [0.1, 0.15) is 19.4 Å². The van der Waals surface area contributed by atoms with Crippen molar-refractivity contribution in [1.82, 2.24) is 10.2 Å². The molecule has 0 unspecified atom stereocenters. The van der Waals surface area contributed by atoms with Crippen LogP contribution in [0.2, 0.25) is 0 Å². The molecule has 0 fully saturated rings. The van der Waals surface area contributed by atoms with Crippen molar-refractivity contribution in [3.8, 4) is 0 Å². The molecule has 1 aromatic rings. The van der Waals surface area contributed by atoms with E-state index in [0.29, 0.717) is 0 Å². The SMILES string of the molecule is CN(Cc1ccccc1)CC(C)(C)NC=O. The fourth-order valence-electron chi connectivity index (χ4n) is 1.83. The standard InChI is InChI=1S/C13H20N2O/c1-13(2,14-11-16)10-15(3)9-12-7-5-4-6-8-12/h4-8,11H,9-10H2,1-3H3,(H,14,16). The van der Waals surface area contributed by atoms with E-state index in [2.05, 4.69) is 29.4 Å². The van der Waals surface area contributed by atoms with Gasteiger partial charge in [-0.25, -0.2) is 0 Å². The van der Waals surface area contributed by atoms with E-state index in [0.717, 1.165) is 19.5 Å². The van der Waals surface area contributed by atoms with Gasteiger partial charge in [0.05, 0.1) is 0 Å². The van der Waals surface area contributed by atoms with Crippen LogP contribution in [0, 0.1) is 0 Å². The summed E-state index contributed by atoms with van der Waals surface area (Å²) in [6.45, 7) is 5.75. The van der Waals surface area contributed by atoms with Gasteiger partial charge in [0.15, 0.2) is 0 Å². The Morgan fingerprint density at radius 3 is 2.50 bits per heavy atom. The predicted octanol–water partition coefficient (Wildman–Crippen LogP) is 1.64. The molecule has 0 aliphatic heterocycles. The van der Waals surface area contributed by atoms with Gasteiger partial charge < -0.3 is 5.32 Å². The molecule has 1 amide bonds. The van der Waals surface area contributed by atoms with Crippen LogP contribution in [0.3, 0.4) is 0 Å². The van der Waals surface area contributed by atoms with Gasteiger partial charge in [-0.1, -0.05) is 30.3 Å². The van der Waals surface area contributed by atoms with Gasteiger partial charge in [-0.2, -0.15) is 0 Å². The number of rotatable bonds is 6. The van der Waals surface area contributed by atoms with Gasteiger partial charge in [0, 0.05) is 18.6 Å². The molecule has 0 radical (unpaired) electrons. The zero-order chi connectivity index (χ0) is 12.0. The van der Waals surface area contributed by atoms with Crippen molar-refractivity contribution in [2.75, 3.05) is 13.6 Å². The zero-order valence-corrected chi connectivity index (χ0v) is 10.2. The second-order valence-corrected chi connectivity index (χ2v) is 4.80. The summed E-state index contributed by atoms with van der Waals surface area (Å²) in [7, 11) is 2.06. The molecule has 0 saturated carbocycles. The third-order valence-corrected chi connectivity index (χ3v) is 2.41. The average molecular weight is 220 g/mol. The number of amides is 1. The van der Waals surface area contributed by atoms with Crippen molar-refractivity contribution < 1.29 is 4.79 Å². The molecule has 0 aromatic heterocycles. The Labute approximate surface area is 97.5 Å². The lowest BCUT2D eigenvalue weighted by Gasteiger charge is -2.29. The third-order valence-electron chi connectivity index (χ3n) is 2.41. The van der Waals surface area contributed by atoms with Gasteiger partial charge in [-0.05, 0) is 26.5 Å². The highest BCUT2D eigenvalue weighted by molar-refractivity contribution is 5.47. The summed E-state index contributed by atoms with van der Waals surface area (Å²) in [4.78, 5) is 12.6. The van der Waals surface area contributed by atoms with Crippen LogP contribution in [-0.4, -0.2) is 30.4 Å². The number of hydrogen-bond acceptors (Lipinski definition) is 2. The topological polar surface area (TPSA) is 32.3 Å². The van der Waals surface area contributed by atoms with Crippen LogP contribution >= 0.6 is 0 Å². The number of carbonyl (C=O) groups excluding carboxylic acids is 1. The fraction of sp³-hybridized carbons (Fsp3) is 0.462. The Morgan fingerprint density at radius 2 is 1.94 bits per heavy atom. The normalized spacial score (nSPS) is 11.5. The summed E-state index contributed by atoms with van der Waals surface area (Å²) in [5.41, 5.74) is 1.09. The first kappa shape index (κ1) is 12.7. The largest absolute Gasteiger partial charge is 0.353 e. The second kappa shape index (κ2) is 5.66. The monoisotopic (exact) mass is 220 g/mol. The maximum absolute atomic E-state index is 10.4. The van der Waals surface area contributed by atoms with Gasteiger partial charge in [0.1, 0.15) is 0 Å². The van der Waals surface area contributed by atoms with Gasteiger partial charge in [-0.15, -0.1) is 0 Å². The molecule has 3 heteroatoms. The summed E-state index contributed by atoms with van der Waals surface area (Å²) >= 11 is 0. The quantitative estimate of drug-likeness (QED) is 0.739. The van der Waals surface area contributed by atoms with E-state index in [-0.39, 0.29) is 5.54 Å². The Hall–Kier alpha value is -1.35. The molecule has 3 nitrogen and oxygen atoms in total. The molecule has 0 aliphatic rings. The van der Waals surface area contributed by atoms with Crippen LogP contribution < -0.4 is 5.32 Å². The minimum Gasteiger partial charge on any atom is -0.353 e. The molecule has 0 aliphatic carbocycles. The maximum atomic E-state index is 10.4.